The molecule has 0 rings (SSSR count). The molecule has 0 amide bonds. The van der Waals surface area contributed by atoms with Gasteiger partial charge in [0.25, 0.3) is 0 Å². The minimum atomic E-state index is 0.625. The summed E-state index contributed by atoms with van der Waals surface area (Å²) in [6, 6.07) is 0. The molecule has 0 aromatic heterocycles. The van der Waals surface area contributed by atoms with Crippen LogP contribution in [0.15, 0.2) is 11.6 Å². The molecule has 83 valence electrons. The molecular formula is C14H27. The topological polar surface area (TPSA) is 0 Å². The Morgan fingerprint density at radius 2 is 1.79 bits per heavy atom. The number of rotatable bonds is 7. The van der Waals surface area contributed by atoms with Gasteiger partial charge in [-0.2, -0.15) is 0 Å². The van der Waals surface area contributed by atoms with Crippen molar-refractivity contribution in [3.8, 4) is 0 Å². The summed E-state index contributed by atoms with van der Waals surface area (Å²) in [6.07, 6.45) is 8.95. The molecule has 0 nitrogen and oxygen atoms in total. The van der Waals surface area contributed by atoms with Crippen LogP contribution in [-0.4, -0.2) is 0 Å². The molecule has 2 atom stereocenters. The summed E-state index contributed by atoms with van der Waals surface area (Å²) >= 11 is 0. The molecule has 14 heavy (non-hydrogen) atoms. The molecule has 0 fully saturated rings. The summed E-state index contributed by atoms with van der Waals surface area (Å²) in [4.78, 5) is 0. The van der Waals surface area contributed by atoms with Crippen LogP contribution in [0.1, 0.15) is 59.8 Å². The van der Waals surface area contributed by atoms with Gasteiger partial charge < -0.3 is 0 Å². The lowest BCUT2D eigenvalue weighted by Crippen LogP contribution is -1.96. The van der Waals surface area contributed by atoms with E-state index in [9.17, 15) is 0 Å². The first-order valence-corrected chi connectivity index (χ1v) is 5.98. The van der Waals surface area contributed by atoms with E-state index >= 15 is 0 Å². The third-order valence-corrected chi connectivity index (χ3v) is 2.61. The van der Waals surface area contributed by atoms with Crippen LogP contribution in [0.2, 0.25) is 0 Å². The van der Waals surface area contributed by atoms with E-state index in [1.54, 1.807) is 0 Å². The molecule has 1 radical (unpaired) electrons. The van der Waals surface area contributed by atoms with Crippen molar-refractivity contribution in [2.75, 3.05) is 0 Å². The van der Waals surface area contributed by atoms with Crippen LogP contribution in [0.25, 0.3) is 0 Å². The summed E-state index contributed by atoms with van der Waals surface area (Å²) in [6.45, 7) is 12.9. The van der Waals surface area contributed by atoms with Gasteiger partial charge in [0, 0.05) is 0 Å². The lowest BCUT2D eigenvalue weighted by atomic mass is 9.96. The smallest absolute Gasteiger partial charge is 0.0346 e. The Hall–Kier alpha value is -0.260. The summed E-state index contributed by atoms with van der Waals surface area (Å²) in [5, 5.41) is 0. The molecule has 0 N–H and O–H groups in total. The highest BCUT2D eigenvalue weighted by molar-refractivity contribution is 4.92. The van der Waals surface area contributed by atoms with Crippen molar-refractivity contribution in [3.05, 3.63) is 18.6 Å². The van der Waals surface area contributed by atoms with Gasteiger partial charge in [-0.15, -0.1) is 0 Å². The fraction of sp³-hybridized carbons (Fsp3) is 0.786. The van der Waals surface area contributed by atoms with Crippen LogP contribution in [0.4, 0.5) is 0 Å². The Morgan fingerprint density at radius 1 is 1.14 bits per heavy atom. The third-order valence-electron chi connectivity index (χ3n) is 2.61. The molecular weight excluding hydrogens is 168 g/mol. The van der Waals surface area contributed by atoms with Crippen LogP contribution in [0, 0.1) is 18.8 Å². The van der Waals surface area contributed by atoms with Crippen LogP contribution in [0.3, 0.4) is 0 Å². The van der Waals surface area contributed by atoms with Crippen LogP contribution < -0.4 is 0 Å². The molecule has 0 heteroatoms. The highest BCUT2D eigenvalue weighted by atomic mass is 14.1. The van der Waals surface area contributed by atoms with Crippen molar-refractivity contribution in [2.24, 2.45) is 11.8 Å². The number of hydrogen-bond acceptors (Lipinski definition) is 0. The highest BCUT2D eigenvalue weighted by Gasteiger charge is 2.01. The normalized spacial score (nSPS) is 13.0. The van der Waals surface area contributed by atoms with Crippen molar-refractivity contribution >= 4 is 0 Å². The van der Waals surface area contributed by atoms with Crippen molar-refractivity contribution < 1.29 is 0 Å². The molecule has 0 bridgehead atoms. The van der Waals surface area contributed by atoms with Gasteiger partial charge in [0.05, 0.1) is 0 Å². The molecule has 0 aromatic rings. The Balaban J connectivity index is 3.37. The molecule has 0 aliphatic heterocycles. The third kappa shape index (κ3) is 9.83. The van der Waals surface area contributed by atoms with Gasteiger partial charge >= 0.3 is 0 Å². The van der Waals surface area contributed by atoms with Gasteiger partial charge in [-0.1, -0.05) is 51.7 Å². The molecule has 0 aliphatic carbocycles. The quantitative estimate of drug-likeness (QED) is 0.501. The van der Waals surface area contributed by atoms with E-state index in [-0.39, 0.29) is 0 Å². The first-order valence-electron chi connectivity index (χ1n) is 5.98. The second-order valence-electron chi connectivity index (χ2n) is 5.00. The predicted octanol–water partition coefficient (Wildman–Crippen LogP) is 5.01. The SMILES string of the molecule is [CH2]C(C)CCCC(C)CCC=C(C)C. The Morgan fingerprint density at radius 3 is 2.29 bits per heavy atom. The van der Waals surface area contributed by atoms with E-state index < -0.39 is 0 Å². The Kier molecular flexibility index (Phi) is 7.93. The Bertz CT molecular complexity index is 149. The number of hydrogen-bond donors (Lipinski definition) is 0. The lowest BCUT2D eigenvalue weighted by Gasteiger charge is -2.10. The van der Waals surface area contributed by atoms with Crippen molar-refractivity contribution in [1.82, 2.24) is 0 Å². The summed E-state index contributed by atoms with van der Waals surface area (Å²) < 4.78 is 0. The maximum Gasteiger partial charge on any atom is -0.0346 e. The minimum Gasteiger partial charge on any atom is -0.0859 e. The van der Waals surface area contributed by atoms with Crippen LogP contribution in [0.5, 0.6) is 0 Å². The first kappa shape index (κ1) is 13.7. The monoisotopic (exact) mass is 195 g/mol. The minimum absolute atomic E-state index is 0.625. The van der Waals surface area contributed by atoms with E-state index in [0.29, 0.717) is 5.92 Å². The average molecular weight is 195 g/mol. The first-order chi connectivity index (χ1) is 6.52. The fourth-order valence-electron chi connectivity index (χ4n) is 1.62. The molecule has 2 unspecified atom stereocenters. The zero-order chi connectivity index (χ0) is 11.0. The maximum absolute atomic E-state index is 4.01. The lowest BCUT2D eigenvalue weighted by molar-refractivity contribution is 0.449. The summed E-state index contributed by atoms with van der Waals surface area (Å²) in [5.74, 6) is 1.50. The Labute approximate surface area is 90.8 Å². The van der Waals surface area contributed by atoms with Gasteiger partial charge in [-0.25, -0.2) is 0 Å². The highest BCUT2D eigenvalue weighted by Crippen LogP contribution is 2.16. The van der Waals surface area contributed by atoms with Gasteiger partial charge in [0.15, 0.2) is 0 Å². The van der Waals surface area contributed by atoms with Crippen molar-refractivity contribution in [2.45, 2.75) is 59.8 Å². The molecule has 0 aliphatic rings. The molecule has 0 saturated carbocycles. The maximum atomic E-state index is 4.01. The molecule has 0 heterocycles. The van der Waals surface area contributed by atoms with Gasteiger partial charge in [-0.05, 0) is 38.5 Å². The summed E-state index contributed by atoms with van der Waals surface area (Å²) in [7, 11) is 0. The standard InChI is InChI=1S/C14H27/c1-12(2)8-6-10-14(5)11-7-9-13(3)4/h9,12,14H,1,6-8,10-11H2,2-5H3. The average Bonchev–Trinajstić information content (AvgIpc) is 2.02. The van der Waals surface area contributed by atoms with E-state index in [2.05, 4.69) is 40.7 Å². The molecule has 0 aromatic carbocycles. The zero-order valence-corrected chi connectivity index (χ0v) is 10.5. The second-order valence-corrected chi connectivity index (χ2v) is 5.00. The van der Waals surface area contributed by atoms with E-state index in [1.807, 2.05) is 0 Å². The fourth-order valence-corrected chi connectivity index (χ4v) is 1.62. The summed E-state index contributed by atoms with van der Waals surface area (Å²) in [5.41, 5.74) is 1.45. The van der Waals surface area contributed by atoms with Crippen LogP contribution >= 0.6 is 0 Å². The zero-order valence-electron chi connectivity index (χ0n) is 10.5. The predicted molar refractivity (Wildman–Crippen MR) is 66.2 cm³/mol. The number of allylic oxidation sites excluding steroid dienone is 2. The van der Waals surface area contributed by atoms with E-state index in [4.69, 9.17) is 0 Å². The van der Waals surface area contributed by atoms with Crippen molar-refractivity contribution in [3.63, 3.8) is 0 Å². The van der Waals surface area contributed by atoms with Gasteiger partial charge in [0.1, 0.15) is 0 Å². The van der Waals surface area contributed by atoms with Crippen molar-refractivity contribution in [1.29, 1.82) is 0 Å². The molecule has 0 saturated heterocycles. The van der Waals surface area contributed by atoms with Gasteiger partial charge in [-0.3, -0.25) is 0 Å². The second kappa shape index (κ2) is 8.08. The molecule has 0 spiro atoms. The van der Waals surface area contributed by atoms with Gasteiger partial charge in [0.2, 0.25) is 0 Å². The van der Waals surface area contributed by atoms with Crippen LogP contribution in [-0.2, 0) is 0 Å². The van der Waals surface area contributed by atoms with E-state index in [1.165, 1.54) is 37.7 Å². The van der Waals surface area contributed by atoms with E-state index in [0.717, 1.165) is 5.92 Å². The largest absolute Gasteiger partial charge is 0.0859 e.